The molecule has 0 heterocycles. The molecule has 4 bridgehead atoms. The molecule has 3 heteroatoms. The molecule has 1 aromatic rings. The Kier molecular flexibility index (Phi) is 4.37. The Labute approximate surface area is 160 Å². The van der Waals surface area contributed by atoms with Crippen molar-refractivity contribution in [1.29, 1.82) is 0 Å². The van der Waals surface area contributed by atoms with Crippen LogP contribution in [0.2, 0.25) is 13.1 Å². The first kappa shape index (κ1) is 18.3. The lowest BCUT2D eigenvalue weighted by molar-refractivity contribution is -0.00602. The molecule has 1 aromatic carbocycles. The summed E-state index contributed by atoms with van der Waals surface area (Å²) in [7, 11) is -1.29. The zero-order valence-electron chi connectivity index (χ0n) is 17.1. The third-order valence-electron chi connectivity index (χ3n) is 7.03. The summed E-state index contributed by atoms with van der Waals surface area (Å²) in [4.78, 5) is 11.8. The van der Waals surface area contributed by atoms with Gasteiger partial charge in [-0.05, 0) is 91.8 Å². The number of aldehydes is 1. The topological polar surface area (TPSA) is 26.3 Å². The Morgan fingerprint density at radius 2 is 1.58 bits per heavy atom. The van der Waals surface area contributed by atoms with Crippen molar-refractivity contribution in [3.8, 4) is 5.75 Å². The van der Waals surface area contributed by atoms with E-state index in [1.54, 1.807) is 0 Å². The van der Waals surface area contributed by atoms with Crippen LogP contribution in [0.3, 0.4) is 0 Å². The third-order valence-corrected chi connectivity index (χ3v) is 7.74. The maximum atomic E-state index is 11.8. The van der Waals surface area contributed by atoms with Gasteiger partial charge in [-0.3, -0.25) is 4.79 Å². The minimum Gasteiger partial charge on any atom is -0.546 e. The molecule has 0 aliphatic heterocycles. The molecule has 4 aliphatic rings. The van der Waals surface area contributed by atoms with Gasteiger partial charge >= 0.3 is 0 Å². The van der Waals surface area contributed by atoms with Crippen molar-refractivity contribution in [1.82, 2.24) is 0 Å². The van der Waals surface area contributed by atoms with Gasteiger partial charge in [0.2, 0.25) is 9.04 Å². The van der Waals surface area contributed by atoms with E-state index in [4.69, 9.17) is 4.43 Å². The summed E-state index contributed by atoms with van der Waals surface area (Å²) in [6.45, 7) is 11.2. The lowest BCUT2D eigenvalue weighted by Crippen LogP contribution is -2.49. The van der Waals surface area contributed by atoms with E-state index in [1.165, 1.54) is 49.7 Å². The SMILES string of the molecule is C[SiH](C)Oc1c(C=O)ccc(C23CC4CC(CC(C4)C2)C3)c1C(C)(C)C. The lowest BCUT2D eigenvalue weighted by Gasteiger charge is -2.58. The van der Waals surface area contributed by atoms with Gasteiger partial charge < -0.3 is 4.43 Å². The number of carbonyl (C=O) groups is 1. The summed E-state index contributed by atoms with van der Waals surface area (Å²) in [6.07, 6.45) is 9.41. The van der Waals surface area contributed by atoms with Crippen LogP contribution in [0, 0.1) is 17.8 Å². The van der Waals surface area contributed by atoms with Crippen LogP contribution in [0.5, 0.6) is 5.75 Å². The number of hydrogen-bond donors (Lipinski definition) is 0. The molecule has 0 spiro atoms. The Bertz CT molecular complexity index is 678. The first-order valence-electron chi connectivity index (χ1n) is 10.5. The largest absolute Gasteiger partial charge is 0.546 e. The maximum Gasteiger partial charge on any atom is 0.229 e. The molecule has 0 aromatic heterocycles. The van der Waals surface area contributed by atoms with E-state index < -0.39 is 9.04 Å². The average Bonchev–Trinajstić information content (AvgIpc) is 2.51. The van der Waals surface area contributed by atoms with E-state index in [0.717, 1.165) is 35.4 Å². The molecule has 4 fully saturated rings. The molecular weight excluding hydrogens is 336 g/mol. The second-order valence-electron chi connectivity index (χ2n) is 10.6. The fourth-order valence-corrected chi connectivity index (χ4v) is 7.41. The Morgan fingerprint density at radius 3 is 2.00 bits per heavy atom. The van der Waals surface area contributed by atoms with Crippen molar-refractivity contribution in [3.63, 3.8) is 0 Å². The van der Waals surface area contributed by atoms with Crippen LogP contribution in [-0.2, 0) is 10.8 Å². The van der Waals surface area contributed by atoms with E-state index in [0.29, 0.717) is 5.41 Å². The highest BCUT2D eigenvalue weighted by Gasteiger charge is 2.53. The molecule has 26 heavy (non-hydrogen) atoms. The highest BCUT2D eigenvalue weighted by molar-refractivity contribution is 6.49. The molecule has 5 rings (SSSR count). The number of hydrogen-bond acceptors (Lipinski definition) is 2. The van der Waals surface area contributed by atoms with Crippen molar-refractivity contribution in [3.05, 3.63) is 28.8 Å². The van der Waals surface area contributed by atoms with Crippen LogP contribution in [0.15, 0.2) is 12.1 Å². The van der Waals surface area contributed by atoms with Gasteiger partial charge in [-0.1, -0.05) is 26.8 Å². The molecule has 0 unspecified atom stereocenters. The van der Waals surface area contributed by atoms with Gasteiger partial charge in [0.15, 0.2) is 6.29 Å². The van der Waals surface area contributed by atoms with Crippen LogP contribution in [-0.4, -0.2) is 15.3 Å². The summed E-state index contributed by atoms with van der Waals surface area (Å²) in [5, 5.41) is 0. The molecule has 0 N–H and O–H groups in total. The first-order valence-corrected chi connectivity index (χ1v) is 13.3. The molecule has 0 radical (unpaired) electrons. The van der Waals surface area contributed by atoms with Crippen molar-refractivity contribution < 1.29 is 9.22 Å². The van der Waals surface area contributed by atoms with E-state index >= 15 is 0 Å². The van der Waals surface area contributed by atoms with E-state index in [1.807, 2.05) is 6.07 Å². The van der Waals surface area contributed by atoms with Gasteiger partial charge in [0.1, 0.15) is 5.75 Å². The second kappa shape index (κ2) is 6.22. The second-order valence-corrected chi connectivity index (χ2v) is 13.0. The van der Waals surface area contributed by atoms with Crippen LogP contribution in [0.1, 0.15) is 80.8 Å². The molecule has 0 saturated heterocycles. The van der Waals surface area contributed by atoms with Gasteiger partial charge in [0.05, 0.1) is 5.56 Å². The van der Waals surface area contributed by atoms with Gasteiger partial charge in [0.25, 0.3) is 0 Å². The molecule has 4 saturated carbocycles. The predicted molar refractivity (Wildman–Crippen MR) is 110 cm³/mol. The molecule has 4 aliphatic carbocycles. The smallest absolute Gasteiger partial charge is 0.229 e. The summed E-state index contributed by atoms with van der Waals surface area (Å²) in [5.74, 6) is 3.67. The summed E-state index contributed by atoms with van der Waals surface area (Å²) < 4.78 is 6.41. The Balaban J connectivity index is 1.90. The highest BCUT2D eigenvalue weighted by Crippen LogP contribution is 2.62. The summed E-state index contributed by atoms with van der Waals surface area (Å²) in [5.41, 5.74) is 3.89. The molecular formula is C23H34O2Si. The number of benzene rings is 1. The van der Waals surface area contributed by atoms with Crippen molar-refractivity contribution in [2.24, 2.45) is 17.8 Å². The van der Waals surface area contributed by atoms with Crippen molar-refractivity contribution >= 4 is 15.3 Å². The van der Waals surface area contributed by atoms with Gasteiger partial charge in [-0.2, -0.15) is 0 Å². The van der Waals surface area contributed by atoms with Gasteiger partial charge in [-0.25, -0.2) is 0 Å². The van der Waals surface area contributed by atoms with Crippen LogP contribution in [0.25, 0.3) is 0 Å². The van der Waals surface area contributed by atoms with Crippen LogP contribution in [0.4, 0.5) is 0 Å². The maximum absolute atomic E-state index is 11.8. The fraction of sp³-hybridized carbons (Fsp3) is 0.696. The average molecular weight is 371 g/mol. The zero-order chi connectivity index (χ0) is 18.7. The van der Waals surface area contributed by atoms with Crippen LogP contribution >= 0.6 is 0 Å². The number of rotatable bonds is 4. The molecule has 2 nitrogen and oxygen atoms in total. The van der Waals surface area contributed by atoms with Gasteiger partial charge in [0, 0.05) is 5.56 Å². The molecule has 0 atom stereocenters. The summed E-state index contributed by atoms with van der Waals surface area (Å²) >= 11 is 0. The lowest BCUT2D eigenvalue weighted by atomic mass is 9.47. The predicted octanol–water partition coefficient (Wildman–Crippen LogP) is 5.63. The van der Waals surface area contributed by atoms with Crippen LogP contribution < -0.4 is 4.43 Å². The van der Waals surface area contributed by atoms with Crippen molar-refractivity contribution in [2.75, 3.05) is 0 Å². The Hall–Kier alpha value is -1.09. The van der Waals surface area contributed by atoms with E-state index in [9.17, 15) is 4.79 Å². The standard InChI is InChI=1S/C23H34O2Si/c1-22(2,3)20-19(7-6-18(14-24)21(20)25-26(4)5)23-11-15-8-16(12-23)10-17(9-15)13-23/h6-7,14-17,26H,8-13H2,1-5H3. The minimum atomic E-state index is -1.29. The minimum absolute atomic E-state index is 0.0176. The molecule has 0 amide bonds. The molecule has 142 valence electrons. The fourth-order valence-electron chi connectivity index (χ4n) is 6.68. The summed E-state index contributed by atoms with van der Waals surface area (Å²) in [6, 6.07) is 4.34. The highest BCUT2D eigenvalue weighted by atomic mass is 28.3. The first-order chi connectivity index (χ1) is 12.2. The van der Waals surface area contributed by atoms with Gasteiger partial charge in [-0.15, -0.1) is 0 Å². The normalized spacial score (nSPS) is 32.9. The zero-order valence-corrected chi connectivity index (χ0v) is 18.3. The van der Waals surface area contributed by atoms with E-state index in [2.05, 4.69) is 39.9 Å². The van der Waals surface area contributed by atoms with Crippen molar-refractivity contribution in [2.45, 2.75) is 83.2 Å². The monoisotopic (exact) mass is 370 g/mol. The quantitative estimate of drug-likeness (QED) is 0.507. The Morgan fingerprint density at radius 1 is 1.04 bits per heavy atom. The van der Waals surface area contributed by atoms with E-state index in [-0.39, 0.29) is 5.41 Å². The third kappa shape index (κ3) is 2.96. The number of carbonyl (C=O) groups excluding carboxylic acids is 1.